The highest BCUT2D eigenvalue weighted by atomic mass is 35.5. The summed E-state index contributed by atoms with van der Waals surface area (Å²) >= 11 is 5.78. The maximum absolute atomic E-state index is 12.0. The molecule has 0 unspecified atom stereocenters. The highest BCUT2D eigenvalue weighted by Crippen LogP contribution is 2.23. The Morgan fingerprint density at radius 1 is 0.964 bits per heavy atom. The van der Waals surface area contributed by atoms with E-state index in [0.29, 0.717) is 0 Å². The number of benzene rings is 3. The molecule has 28 heavy (non-hydrogen) atoms. The summed E-state index contributed by atoms with van der Waals surface area (Å²) in [5.41, 5.74) is 5.01. The molecule has 0 atom stereocenters. The van der Waals surface area contributed by atoms with Crippen molar-refractivity contribution in [2.75, 3.05) is 0 Å². The van der Waals surface area contributed by atoms with Crippen LogP contribution in [0.4, 0.5) is 0 Å². The maximum atomic E-state index is 12.0. The van der Waals surface area contributed by atoms with Crippen LogP contribution in [0.3, 0.4) is 0 Å². The van der Waals surface area contributed by atoms with Crippen molar-refractivity contribution in [1.82, 2.24) is 5.43 Å². The summed E-state index contributed by atoms with van der Waals surface area (Å²) in [6.07, 6.45) is 1.51. The first-order valence-electron chi connectivity index (χ1n) is 8.24. The predicted octanol–water partition coefficient (Wildman–Crippen LogP) is 3.91. The number of amides is 1. The number of hydrogen-bond acceptors (Lipinski definition) is 4. The van der Waals surface area contributed by atoms with Crippen LogP contribution in [0.1, 0.15) is 27.0 Å². The van der Waals surface area contributed by atoms with E-state index >= 15 is 0 Å². The molecule has 0 spiro atoms. The lowest BCUT2D eigenvalue weighted by molar-refractivity contribution is 0.0955. The van der Waals surface area contributed by atoms with Crippen LogP contribution in [0.15, 0.2) is 71.8 Å². The van der Waals surface area contributed by atoms with Gasteiger partial charge in [0.1, 0.15) is 11.5 Å². The van der Waals surface area contributed by atoms with Crippen molar-refractivity contribution < 1.29 is 15.0 Å². The lowest BCUT2D eigenvalue weighted by Crippen LogP contribution is -2.17. The van der Waals surface area contributed by atoms with Crippen molar-refractivity contribution >= 4 is 23.7 Å². The molecule has 0 aromatic heterocycles. The zero-order chi connectivity index (χ0) is 19.9. The van der Waals surface area contributed by atoms with Crippen LogP contribution < -0.4 is 5.43 Å². The van der Waals surface area contributed by atoms with E-state index in [1.54, 1.807) is 18.2 Å². The van der Waals surface area contributed by atoms with Crippen LogP contribution in [-0.2, 0) is 0 Å². The Bertz CT molecular complexity index is 1100. The van der Waals surface area contributed by atoms with Gasteiger partial charge in [0.05, 0.1) is 11.2 Å². The molecule has 3 aromatic rings. The predicted molar refractivity (Wildman–Crippen MR) is 109 cm³/mol. The van der Waals surface area contributed by atoms with Crippen molar-refractivity contribution in [2.24, 2.45) is 5.10 Å². The molecule has 0 aliphatic rings. The molecule has 0 bridgehead atoms. The van der Waals surface area contributed by atoms with Gasteiger partial charge >= 0.3 is 0 Å². The first-order valence-corrected chi connectivity index (χ1v) is 8.62. The van der Waals surface area contributed by atoms with E-state index in [1.165, 1.54) is 24.4 Å². The Morgan fingerprint density at radius 3 is 2.43 bits per heavy atom. The molecule has 6 heteroatoms. The number of rotatable bonds is 3. The Kier molecular flexibility index (Phi) is 5.95. The summed E-state index contributed by atoms with van der Waals surface area (Å²) < 4.78 is 0. The third-order valence-corrected chi connectivity index (χ3v) is 4.00. The average molecular weight is 391 g/mol. The highest BCUT2D eigenvalue weighted by Gasteiger charge is 2.07. The van der Waals surface area contributed by atoms with Gasteiger partial charge in [-0.3, -0.25) is 4.79 Å². The number of aromatic hydroxyl groups is 2. The fourth-order valence-electron chi connectivity index (χ4n) is 2.26. The summed E-state index contributed by atoms with van der Waals surface area (Å²) in [5, 5.41) is 22.8. The van der Waals surface area contributed by atoms with Crippen LogP contribution in [-0.4, -0.2) is 22.3 Å². The van der Waals surface area contributed by atoms with Gasteiger partial charge in [0.15, 0.2) is 0 Å². The van der Waals surface area contributed by atoms with Gasteiger partial charge < -0.3 is 10.2 Å². The quantitative estimate of drug-likeness (QED) is 0.360. The van der Waals surface area contributed by atoms with E-state index < -0.39 is 5.91 Å². The molecule has 3 N–H and O–H groups in total. The fourth-order valence-corrected chi connectivity index (χ4v) is 2.44. The largest absolute Gasteiger partial charge is 0.508 e. The molecule has 0 heterocycles. The molecule has 3 rings (SSSR count). The molecular weight excluding hydrogens is 376 g/mol. The van der Waals surface area contributed by atoms with Crippen LogP contribution in [0, 0.1) is 11.8 Å². The number of hydrazone groups is 1. The van der Waals surface area contributed by atoms with Crippen molar-refractivity contribution in [3.8, 4) is 23.3 Å². The SMILES string of the molecule is O=C(N/N=C/c1ccc(C#Cc2cccc(O)c2)cc1)c1ccc(O)c(Cl)c1. The minimum atomic E-state index is -0.438. The number of carbonyl (C=O) groups is 1. The fraction of sp³-hybridized carbons (Fsp3) is 0. The van der Waals surface area contributed by atoms with E-state index in [1.807, 2.05) is 30.3 Å². The van der Waals surface area contributed by atoms with E-state index in [2.05, 4.69) is 22.4 Å². The van der Waals surface area contributed by atoms with Gasteiger partial charge in [0, 0.05) is 16.7 Å². The Labute approximate surface area is 166 Å². The smallest absolute Gasteiger partial charge is 0.271 e. The minimum Gasteiger partial charge on any atom is -0.508 e. The lowest BCUT2D eigenvalue weighted by atomic mass is 10.1. The second-order valence-corrected chi connectivity index (χ2v) is 6.19. The van der Waals surface area contributed by atoms with Crippen LogP contribution in [0.5, 0.6) is 11.5 Å². The molecule has 0 aliphatic heterocycles. The number of phenols is 2. The molecule has 138 valence electrons. The summed E-state index contributed by atoms with van der Waals surface area (Å²) in [4.78, 5) is 12.0. The van der Waals surface area contributed by atoms with Gasteiger partial charge in [-0.05, 0) is 54.1 Å². The first kappa shape index (κ1) is 19.0. The molecule has 5 nitrogen and oxygen atoms in total. The van der Waals surface area contributed by atoms with E-state index in [0.717, 1.165) is 16.7 Å². The second kappa shape index (κ2) is 8.76. The normalized spacial score (nSPS) is 10.3. The summed E-state index contributed by atoms with van der Waals surface area (Å²) in [7, 11) is 0. The summed E-state index contributed by atoms with van der Waals surface area (Å²) in [6.45, 7) is 0. The van der Waals surface area contributed by atoms with E-state index in [9.17, 15) is 15.0 Å². The molecule has 0 saturated carbocycles. The second-order valence-electron chi connectivity index (χ2n) is 5.79. The molecule has 1 amide bonds. The van der Waals surface area contributed by atoms with Gasteiger partial charge in [-0.1, -0.05) is 41.6 Å². The number of nitrogens with zero attached hydrogens (tertiary/aromatic N) is 1. The summed E-state index contributed by atoms with van der Waals surface area (Å²) in [5.74, 6) is 5.64. The minimum absolute atomic E-state index is 0.0889. The van der Waals surface area contributed by atoms with Gasteiger partial charge in [0.2, 0.25) is 0 Å². The van der Waals surface area contributed by atoms with E-state index in [-0.39, 0.29) is 22.1 Å². The molecule has 3 aromatic carbocycles. The van der Waals surface area contributed by atoms with Crippen molar-refractivity contribution in [3.05, 3.63) is 94.0 Å². The monoisotopic (exact) mass is 390 g/mol. The number of nitrogens with one attached hydrogen (secondary N) is 1. The number of hydrogen-bond donors (Lipinski definition) is 3. The summed E-state index contributed by atoms with van der Waals surface area (Å²) in [6, 6.07) is 18.2. The maximum Gasteiger partial charge on any atom is 0.271 e. The third-order valence-electron chi connectivity index (χ3n) is 3.70. The van der Waals surface area contributed by atoms with Crippen LogP contribution in [0.2, 0.25) is 5.02 Å². The Balaban J connectivity index is 1.61. The Hall–Kier alpha value is -3.75. The van der Waals surface area contributed by atoms with Crippen molar-refractivity contribution in [1.29, 1.82) is 0 Å². The molecular formula is C22H15ClN2O3. The first-order chi connectivity index (χ1) is 13.5. The molecule has 0 fully saturated rings. The van der Waals surface area contributed by atoms with Crippen LogP contribution in [0.25, 0.3) is 0 Å². The zero-order valence-electron chi connectivity index (χ0n) is 14.6. The molecule has 0 saturated heterocycles. The van der Waals surface area contributed by atoms with Crippen LogP contribution >= 0.6 is 11.6 Å². The standard InChI is InChI=1S/C22H15ClN2O3/c23-20-13-18(10-11-21(20)27)22(28)25-24-14-17-8-5-15(6-9-17)4-7-16-2-1-3-19(26)12-16/h1-3,5-6,8-14,26-27H,(H,25,28)/b24-14+. The Morgan fingerprint density at radius 2 is 1.71 bits per heavy atom. The van der Waals surface area contributed by atoms with Gasteiger partial charge in [-0.25, -0.2) is 5.43 Å². The van der Waals surface area contributed by atoms with Gasteiger partial charge in [0.25, 0.3) is 5.91 Å². The molecule has 0 aliphatic carbocycles. The number of halogens is 1. The van der Waals surface area contributed by atoms with Crippen molar-refractivity contribution in [2.45, 2.75) is 0 Å². The van der Waals surface area contributed by atoms with E-state index in [4.69, 9.17) is 11.6 Å². The molecule has 0 radical (unpaired) electrons. The van der Waals surface area contributed by atoms with Crippen molar-refractivity contribution in [3.63, 3.8) is 0 Å². The van der Waals surface area contributed by atoms with Gasteiger partial charge in [-0.2, -0.15) is 5.10 Å². The average Bonchev–Trinajstić information content (AvgIpc) is 2.69. The number of carbonyl (C=O) groups excluding carboxylic acids is 1. The topological polar surface area (TPSA) is 81.9 Å². The highest BCUT2D eigenvalue weighted by molar-refractivity contribution is 6.32. The zero-order valence-corrected chi connectivity index (χ0v) is 15.3. The lowest BCUT2D eigenvalue weighted by Gasteiger charge is -2.02. The third kappa shape index (κ3) is 5.13. The van der Waals surface area contributed by atoms with Gasteiger partial charge in [-0.15, -0.1) is 0 Å². The number of phenolic OH excluding ortho intramolecular Hbond substituents is 2.